The van der Waals surface area contributed by atoms with Crippen LogP contribution in [0.15, 0.2) is 60.1 Å². The van der Waals surface area contributed by atoms with E-state index in [9.17, 15) is 22.8 Å². The fourth-order valence-electron chi connectivity index (χ4n) is 7.77. The van der Waals surface area contributed by atoms with Crippen molar-refractivity contribution in [3.8, 4) is 33.5 Å². The van der Waals surface area contributed by atoms with Gasteiger partial charge in [-0.15, -0.1) is 11.3 Å². The topological polar surface area (TPSA) is 157 Å². The van der Waals surface area contributed by atoms with E-state index in [-0.39, 0.29) is 49.7 Å². The highest BCUT2D eigenvalue weighted by Crippen LogP contribution is 2.47. The first-order valence-electron chi connectivity index (χ1n) is 19.4. The normalized spacial score (nSPS) is 28.5. The lowest BCUT2D eigenvalue weighted by Gasteiger charge is -2.28. The molecule has 3 amide bonds. The standard InChI is InChI=1S/C41H51N5O7S2/c1-25(2)52-30-12-10-28(11-13-30)33-20-31(21-34(43-33)38-42-16-17-54-38)53-32-22-35-37(48)44-41(39(49)45-55(50,51)40(5)14-15-40)23-29(41)9-7-6-8-26(3)18-27(4)19-36(47)46(35)24-32/h7,9-13,16-17,20-21,25-27,29,32,35H,6,8,14-15,18-19,22-24H2,1-5H3,(H,44,48)(H,45,49)/b9-7-/t26-,27+,29+,32+,35-,41+/m0/s1. The summed E-state index contributed by atoms with van der Waals surface area (Å²) in [5, 5.41) is 5.56. The molecule has 14 heteroatoms. The van der Waals surface area contributed by atoms with Crippen LogP contribution in [-0.4, -0.2) is 76.1 Å². The number of fused-ring (bicyclic) bond motifs is 2. The lowest BCUT2D eigenvalue weighted by atomic mass is 9.91. The van der Waals surface area contributed by atoms with Gasteiger partial charge in [-0.2, -0.15) is 0 Å². The van der Waals surface area contributed by atoms with Crippen molar-refractivity contribution in [1.82, 2.24) is 24.9 Å². The van der Waals surface area contributed by atoms with Crippen molar-refractivity contribution in [2.75, 3.05) is 6.54 Å². The Hall–Kier alpha value is -4.30. The molecule has 7 rings (SSSR count). The zero-order valence-electron chi connectivity index (χ0n) is 32.1. The molecule has 2 aromatic heterocycles. The van der Waals surface area contributed by atoms with E-state index in [1.165, 1.54) is 11.3 Å². The summed E-state index contributed by atoms with van der Waals surface area (Å²) in [6.07, 6.45) is 9.38. The number of nitrogens with zero attached hydrogens (tertiary/aromatic N) is 3. The van der Waals surface area contributed by atoms with Crippen LogP contribution in [-0.2, 0) is 24.4 Å². The van der Waals surface area contributed by atoms with Crippen LogP contribution in [0.5, 0.6) is 11.5 Å². The van der Waals surface area contributed by atoms with E-state index in [4.69, 9.17) is 14.5 Å². The molecule has 0 spiro atoms. The van der Waals surface area contributed by atoms with E-state index in [0.29, 0.717) is 35.9 Å². The SMILES string of the molecule is CC(C)Oc1ccc(-c2cc(O[C@@H]3C[C@H]4C(=O)N[C@]5(C(=O)NS(=O)(=O)C6(C)CC6)C[C@H]5/C=C\CC[C@H](C)C[C@@H](C)CC(=O)N4C3)cc(-c3nccs3)n2)cc1. The van der Waals surface area contributed by atoms with Crippen molar-refractivity contribution in [3.63, 3.8) is 0 Å². The van der Waals surface area contributed by atoms with Crippen molar-refractivity contribution in [2.24, 2.45) is 17.8 Å². The number of carbonyl (C=O) groups excluding carboxylic acids is 3. The number of carbonyl (C=O) groups is 3. The highest BCUT2D eigenvalue weighted by atomic mass is 32.2. The molecule has 4 aliphatic rings. The third-order valence-electron chi connectivity index (χ3n) is 11.3. The molecular formula is C41H51N5O7S2. The average Bonchev–Trinajstić information content (AvgIpc) is 3.87. The molecule has 3 fully saturated rings. The number of ether oxygens (including phenoxy) is 2. The Morgan fingerprint density at radius 3 is 2.49 bits per heavy atom. The summed E-state index contributed by atoms with van der Waals surface area (Å²) in [6, 6.07) is 10.4. The van der Waals surface area contributed by atoms with Crippen LogP contribution in [0.4, 0.5) is 0 Å². The van der Waals surface area contributed by atoms with E-state index in [0.717, 1.165) is 35.6 Å². The molecule has 0 unspecified atom stereocenters. The number of sulfonamides is 1. The molecule has 4 heterocycles. The summed E-state index contributed by atoms with van der Waals surface area (Å²) in [4.78, 5) is 53.2. The molecule has 1 aromatic carbocycles. The zero-order chi connectivity index (χ0) is 39.1. The van der Waals surface area contributed by atoms with E-state index in [2.05, 4.69) is 28.9 Å². The first-order chi connectivity index (χ1) is 26.1. The number of rotatable bonds is 9. The van der Waals surface area contributed by atoms with Crippen LogP contribution in [0.25, 0.3) is 22.0 Å². The summed E-state index contributed by atoms with van der Waals surface area (Å²) in [6.45, 7) is 9.98. The van der Waals surface area contributed by atoms with Crippen molar-refractivity contribution in [3.05, 3.63) is 60.1 Å². The molecular weight excluding hydrogens is 739 g/mol. The van der Waals surface area contributed by atoms with Crippen molar-refractivity contribution >= 4 is 39.1 Å². The number of hydrogen-bond donors (Lipinski definition) is 2. The Kier molecular flexibility index (Phi) is 10.9. The van der Waals surface area contributed by atoms with Gasteiger partial charge in [0.2, 0.25) is 21.8 Å². The number of pyridine rings is 1. The van der Waals surface area contributed by atoms with Crippen LogP contribution in [0.3, 0.4) is 0 Å². The number of allylic oxidation sites excluding steroid dienone is 1. The van der Waals surface area contributed by atoms with Crippen LogP contribution >= 0.6 is 11.3 Å². The first-order valence-corrected chi connectivity index (χ1v) is 21.7. The van der Waals surface area contributed by atoms with Gasteiger partial charge in [0.1, 0.15) is 39.9 Å². The second-order valence-corrected chi connectivity index (χ2v) is 19.5. The maximum atomic E-state index is 14.3. The highest BCUT2D eigenvalue weighted by molar-refractivity contribution is 7.91. The minimum absolute atomic E-state index is 0.0378. The summed E-state index contributed by atoms with van der Waals surface area (Å²) in [7, 11) is -3.94. The Labute approximate surface area is 327 Å². The van der Waals surface area contributed by atoms with Crippen LogP contribution in [0.1, 0.15) is 86.0 Å². The number of amides is 3. The van der Waals surface area contributed by atoms with Gasteiger partial charge in [-0.1, -0.05) is 26.0 Å². The van der Waals surface area contributed by atoms with Gasteiger partial charge in [-0.3, -0.25) is 19.1 Å². The quantitative estimate of drug-likeness (QED) is 0.238. The molecule has 0 bridgehead atoms. The number of benzene rings is 1. The van der Waals surface area contributed by atoms with E-state index in [1.54, 1.807) is 18.0 Å². The molecule has 2 N–H and O–H groups in total. The molecule has 6 atom stereocenters. The zero-order valence-corrected chi connectivity index (χ0v) is 33.8. The fraction of sp³-hybridized carbons (Fsp3) is 0.537. The van der Waals surface area contributed by atoms with Crippen molar-refractivity contribution < 1.29 is 32.3 Å². The lowest BCUT2D eigenvalue weighted by Crippen LogP contribution is -2.57. The summed E-state index contributed by atoms with van der Waals surface area (Å²) in [5.74, 6) is -0.0354. The van der Waals surface area contributed by atoms with Crippen LogP contribution < -0.4 is 19.5 Å². The third kappa shape index (κ3) is 8.60. The Morgan fingerprint density at radius 1 is 1.05 bits per heavy atom. The number of hydrogen-bond acceptors (Lipinski definition) is 10. The summed E-state index contributed by atoms with van der Waals surface area (Å²) >= 11 is 1.46. The lowest BCUT2D eigenvalue weighted by molar-refractivity contribution is -0.140. The number of thiazole rings is 1. The van der Waals surface area contributed by atoms with Gasteiger partial charge in [0.25, 0.3) is 5.91 Å². The predicted molar refractivity (Wildman–Crippen MR) is 211 cm³/mol. The van der Waals surface area contributed by atoms with Gasteiger partial charge >= 0.3 is 0 Å². The minimum atomic E-state index is -3.94. The van der Waals surface area contributed by atoms with Crippen LogP contribution in [0, 0.1) is 17.8 Å². The molecule has 2 aliphatic carbocycles. The van der Waals surface area contributed by atoms with E-state index in [1.807, 2.05) is 67.8 Å². The Morgan fingerprint density at radius 2 is 1.80 bits per heavy atom. The van der Waals surface area contributed by atoms with Gasteiger partial charge in [0.15, 0.2) is 0 Å². The van der Waals surface area contributed by atoms with Gasteiger partial charge in [-0.05, 0) is 95.4 Å². The van der Waals surface area contributed by atoms with E-state index >= 15 is 0 Å². The van der Waals surface area contributed by atoms with Crippen LogP contribution in [0.2, 0.25) is 0 Å². The maximum absolute atomic E-state index is 14.3. The summed E-state index contributed by atoms with van der Waals surface area (Å²) in [5.41, 5.74) is 0.715. The maximum Gasteiger partial charge on any atom is 0.259 e. The van der Waals surface area contributed by atoms with Gasteiger partial charge in [0, 0.05) is 48.0 Å². The fourth-order valence-corrected chi connectivity index (χ4v) is 9.68. The third-order valence-corrected chi connectivity index (χ3v) is 14.2. The average molecular weight is 790 g/mol. The largest absolute Gasteiger partial charge is 0.491 e. The Bertz CT molecular complexity index is 2050. The smallest absolute Gasteiger partial charge is 0.259 e. The summed E-state index contributed by atoms with van der Waals surface area (Å²) < 4.78 is 40.1. The van der Waals surface area contributed by atoms with Gasteiger partial charge in [0.05, 0.1) is 23.1 Å². The van der Waals surface area contributed by atoms with Crippen molar-refractivity contribution in [2.45, 2.75) is 115 Å². The molecule has 2 aliphatic heterocycles. The van der Waals surface area contributed by atoms with E-state index < -0.39 is 44.3 Å². The predicted octanol–water partition coefficient (Wildman–Crippen LogP) is 6.28. The number of aromatic nitrogens is 2. The molecule has 3 aromatic rings. The highest BCUT2D eigenvalue weighted by Gasteiger charge is 2.63. The molecule has 55 heavy (non-hydrogen) atoms. The van der Waals surface area contributed by atoms with Crippen molar-refractivity contribution in [1.29, 1.82) is 0 Å². The molecule has 294 valence electrons. The second-order valence-electron chi connectivity index (χ2n) is 16.5. The molecule has 0 radical (unpaired) electrons. The van der Waals surface area contributed by atoms with Gasteiger partial charge < -0.3 is 19.7 Å². The first kappa shape index (κ1) is 39.0. The van der Waals surface area contributed by atoms with Gasteiger partial charge in [-0.25, -0.2) is 18.4 Å². The number of nitrogens with one attached hydrogen (secondary N) is 2. The minimum Gasteiger partial charge on any atom is -0.491 e. The Balaban J connectivity index is 1.17. The monoisotopic (exact) mass is 789 g/mol. The second kappa shape index (κ2) is 15.3. The molecule has 1 saturated heterocycles. The molecule has 2 saturated carbocycles. The molecule has 12 nitrogen and oxygen atoms in total.